The summed E-state index contributed by atoms with van der Waals surface area (Å²) in [4.78, 5) is 2.42. The Morgan fingerprint density at radius 1 is 0.538 bits per heavy atom. The summed E-state index contributed by atoms with van der Waals surface area (Å²) < 4.78 is 6.45. The first-order chi connectivity index (χ1) is 19.1. The highest BCUT2D eigenvalue weighted by atomic mass is 16.3. The number of furan rings is 1. The quantitative estimate of drug-likeness (QED) is 0.239. The Kier molecular flexibility index (Phi) is 4.60. The number of benzene rings is 6. The Morgan fingerprint density at radius 3 is 2.10 bits per heavy atom. The molecule has 0 radical (unpaired) electrons. The average Bonchev–Trinajstić information content (AvgIpc) is 3.45. The van der Waals surface area contributed by atoms with Crippen molar-refractivity contribution in [2.75, 3.05) is 4.90 Å². The molecule has 0 fully saturated rings. The van der Waals surface area contributed by atoms with Gasteiger partial charge in [0.25, 0.3) is 0 Å². The second-order valence-electron chi connectivity index (χ2n) is 11.0. The summed E-state index contributed by atoms with van der Waals surface area (Å²) in [6.45, 7) is 4.68. The summed E-state index contributed by atoms with van der Waals surface area (Å²) in [6.07, 6.45) is 0. The molecule has 0 N–H and O–H groups in total. The molecule has 1 heterocycles. The van der Waals surface area contributed by atoms with E-state index in [-0.39, 0.29) is 5.41 Å². The highest BCUT2D eigenvalue weighted by molar-refractivity contribution is 6.21. The van der Waals surface area contributed by atoms with E-state index in [9.17, 15) is 0 Å². The second kappa shape index (κ2) is 8.09. The van der Waals surface area contributed by atoms with Gasteiger partial charge in [0.2, 0.25) is 0 Å². The maximum atomic E-state index is 6.45. The minimum Gasteiger partial charge on any atom is -0.456 e. The fourth-order valence-corrected chi connectivity index (χ4v) is 6.57. The molecular weight excluding hydrogens is 474 g/mol. The Bertz CT molecular complexity index is 2050. The van der Waals surface area contributed by atoms with Crippen LogP contribution < -0.4 is 4.90 Å². The lowest BCUT2D eigenvalue weighted by Crippen LogP contribution is -2.16. The number of hydrogen-bond acceptors (Lipinski definition) is 2. The molecule has 1 aromatic heterocycles. The molecule has 0 saturated carbocycles. The van der Waals surface area contributed by atoms with Crippen molar-refractivity contribution in [3.63, 3.8) is 0 Å². The molecule has 8 rings (SSSR count). The first-order valence-corrected chi connectivity index (χ1v) is 13.5. The van der Waals surface area contributed by atoms with Gasteiger partial charge in [-0.2, -0.15) is 0 Å². The lowest BCUT2D eigenvalue weighted by molar-refractivity contribution is 0.660. The Balaban J connectivity index is 1.48. The molecule has 1 aliphatic carbocycles. The van der Waals surface area contributed by atoms with Crippen LogP contribution in [0, 0.1) is 0 Å². The van der Waals surface area contributed by atoms with E-state index >= 15 is 0 Å². The molecule has 1 aliphatic rings. The minimum absolute atomic E-state index is 0.0826. The highest BCUT2D eigenvalue weighted by Gasteiger charge is 2.36. The predicted molar refractivity (Wildman–Crippen MR) is 163 cm³/mol. The number of hydrogen-bond donors (Lipinski definition) is 0. The first-order valence-electron chi connectivity index (χ1n) is 13.5. The van der Waals surface area contributed by atoms with Crippen molar-refractivity contribution in [2.45, 2.75) is 19.3 Å². The minimum atomic E-state index is -0.0826. The molecule has 39 heavy (non-hydrogen) atoms. The lowest BCUT2D eigenvalue weighted by Gasteiger charge is -2.29. The molecule has 2 heteroatoms. The van der Waals surface area contributed by atoms with Gasteiger partial charge in [-0.25, -0.2) is 0 Å². The third-order valence-electron chi connectivity index (χ3n) is 8.43. The van der Waals surface area contributed by atoms with Crippen molar-refractivity contribution < 1.29 is 4.42 Å². The van der Waals surface area contributed by atoms with Crippen molar-refractivity contribution in [1.29, 1.82) is 0 Å². The van der Waals surface area contributed by atoms with Crippen LogP contribution in [0.1, 0.15) is 25.0 Å². The molecule has 2 nitrogen and oxygen atoms in total. The van der Waals surface area contributed by atoms with E-state index in [1.54, 1.807) is 0 Å². The van der Waals surface area contributed by atoms with Gasteiger partial charge in [-0.1, -0.05) is 105 Å². The van der Waals surface area contributed by atoms with E-state index in [2.05, 4.69) is 140 Å². The smallest absolute Gasteiger partial charge is 0.138 e. The summed E-state index contributed by atoms with van der Waals surface area (Å²) in [7, 11) is 0. The normalized spacial score (nSPS) is 13.6. The van der Waals surface area contributed by atoms with Crippen molar-refractivity contribution in [2.24, 2.45) is 0 Å². The van der Waals surface area contributed by atoms with Gasteiger partial charge in [-0.15, -0.1) is 0 Å². The molecule has 0 amide bonds. The van der Waals surface area contributed by atoms with E-state index in [0.29, 0.717) is 0 Å². The van der Waals surface area contributed by atoms with E-state index in [1.165, 1.54) is 27.6 Å². The zero-order valence-corrected chi connectivity index (χ0v) is 22.0. The molecule has 0 spiro atoms. The van der Waals surface area contributed by atoms with Gasteiger partial charge < -0.3 is 9.32 Å². The molecule has 0 bridgehead atoms. The van der Waals surface area contributed by atoms with Gasteiger partial charge >= 0.3 is 0 Å². The molecule has 0 saturated heterocycles. The largest absolute Gasteiger partial charge is 0.456 e. The summed E-state index contributed by atoms with van der Waals surface area (Å²) in [6, 6.07) is 45.7. The lowest BCUT2D eigenvalue weighted by atomic mass is 9.82. The number of para-hydroxylation sites is 2. The van der Waals surface area contributed by atoms with Gasteiger partial charge in [0.05, 0.1) is 11.1 Å². The van der Waals surface area contributed by atoms with E-state index < -0.39 is 0 Å². The van der Waals surface area contributed by atoms with Crippen molar-refractivity contribution in [3.05, 3.63) is 139 Å². The van der Waals surface area contributed by atoms with Gasteiger partial charge in [0.15, 0.2) is 0 Å². The standard InChI is InChI=1S/C37H27NO/c1-37(2)31-18-10-8-16-28(31)29-21-20-26(23-32(29)37)38(25-13-4-3-5-14-25)36-27-15-7-6-12-24(27)22-34-35(36)30-17-9-11-19-33(30)39-34/h3-23H,1-2H3. The SMILES string of the molecule is CC1(C)c2ccccc2-c2ccc(N(c3ccccc3)c3c4ccccc4cc4oc5ccccc5c34)cc21. The first kappa shape index (κ1) is 22.2. The summed E-state index contributed by atoms with van der Waals surface area (Å²) in [5.41, 5.74) is 10.5. The average molecular weight is 502 g/mol. The molecule has 6 aromatic carbocycles. The van der Waals surface area contributed by atoms with Crippen LogP contribution in [0.15, 0.2) is 132 Å². The van der Waals surface area contributed by atoms with Crippen LogP contribution in [-0.2, 0) is 5.41 Å². The third kappa shape index (κ3) is 3.15. The summed E-state index contributed by atoms with van der Waals surface area (Å²) in [5, 5.41) is 4.62. The van der Waals surface area contributed by atoms with Crippen LogP contribution in [0.4, 0.5) is 17.1 Å². The van der Waals surface area contributed by atoms with Crippen LogP contribution in [-0.4, -0.2) is 0 Å². The van der Waals surface area contributed by atoms with Crippen LogP contribution in [0.25, 0.3) is 43.8 Å². The Hall–Kier alpha value is -4.82. The zero-order chi connectivity index (χ0) is 26.1. The molecule has 7 aromatic rings. The van der Waals surface area contributed by atoms with E-state index in [4.69, 9.17) is 4.42 Å². The third-order valence-corrected chi connectivity index (χ3v) is 8.43. The maximum absolute atomic E-state index is 6.45. The van der Waals surface area contributed by atoms with Gasteiger partial charge in [0, 0.05) is 27.6 Å². The zero-order valence-electron chi connectivity index (χ0n) is 22.0. The fraction of sp³-hybridized carbons (Fsp3) is 0.0811. The van der Waals surface area contributed by atoms with Crippen LogP contribution in [0.3, 0.4) is 0 Å². The van der Waals surface area contributed by atoms with Gasteiger partial charge in [-0.3, -0.25) is 0 Å². The van der Waals surface area contributed by atoms with Crippen LogP contribution in [0.2, 0.25) is 0 Å². The number of fused-ring (bicyclic) bond motifs is 7. The van der Waals surface area contributed by atoms with Gasteiger partial charge in [-0.05, 0) is 64.0 Å². The molecule has 0 unspecified atom stereocenters. The monoisotopic (exact) mass is 501 g/mol. The van der Waals surface area contributed by atoms with Gasteiger partial charge in [0.1, 0.15) is 11.2 Å². The van der Waals surface area contributed by atoms with Crippen LogP contribution in [0.5, 0.6) is 0 Å². The Labute approximate surface area is 227 Å². The Morgan fingerprint density at radius 2 is 1.23 bits per heavy atom. The van der Waals surface area contributed by atoms with Crippen LogP contribution >= 0.6 is 0 Å². The highest BCUT2D eigenvalue weighted by Crippen LogP contribution is 2.52. The number of rotatable bonds is 3. The van der Waals surface area contributed by atoms with E-state index in [0.717, 1.165) is 44.4 Å². The molecular formula is C37H27NO. The predicted octanol–water partition coefficient (Wildman–Crippen LogP) is 10.5. The number of anilines is 3. The van der Waals surface area contributed by atoms with Crippen molar-refractivity contribution >= 4 is 49.8 Å². The molecule has 0 atom stereocenters. The fourth-order valence-electron chi connectivity index (χ4n) is 6.57. The number of nitrogens with zero attached hydrogens (tertiary/aromatic N) is 1. The topological polar surface area (TPSA) is 16.4 Å². The summed E-state index contributed by atoms with van der Waals surface area (Å²) >= 11 is 0. The molecule has 186 valence electrons. The van der Waals surface area contributed by atoms with Crippen molar-refractivity contribution in [3.8, 4) is 11.1 Å². The van der Waals surface area contributed by atoms with E-state index in [1.807, 2.05) is 6.07 Å². The van der Waals surface area contributed by atoms with Crippen molar-refractivity contribution in [1.82, 2.24) is 0 Å². The molecule has 0 aliphatic heterocycles. The maximum Gasteiger partial charge on any atom is 0.138 e. The second-order valence-corrected chi connectivity index (χ2v) is 11.0. The summed E-state index contributed by atoms with van der Waals surface area (Å²) in [5.74, 6) is 0.